The number of aliphatic hydroxyl groups excluding tert-OH is 1. The Morgan fingerprint density at radius 2 is 2.28 bits per heavy atom. The van der Waals surface area contributed by atoms with Gasteiger partial charge in [0.25, 0.3) is 0 Å². The predicted octanol–water partition coefficient (Wildman–Crippen LogP) is 2.87. The van der Waals surface area contributed by atoms with Crippen LogP contribution in [0.4, 0.5) is 0 Å². The Hall–Kier alpha value is -0.870. The molecule has 0 aliphatic heterocycles. The van der Waals surface area contributed by atoms with Crippen LogP contribution >= 0.6 is 11.3 Å². The third-order valence-electron chi connectivity index (χ3n) is 3.62. The van der Waals surface area contributed by atoms with Crippen LogP contribution in [0.2, 0.25) is 0 Å². The molecule has 1 atom stereocenters. The predicted molar refractivity (Wildman–Crippen MR) is 73.5 cm³/mol. The van der Waals surface area contributed by atoms with Crippen molar-refractivity contribution >= 4 is 17.2 Å². The summed E-state index contributed by atoms with van der Waals surface area (Å²) in [6.45, 7) is 0.558. The second-order valence-electron chi connectivity index (χ2n) is 5.07. The van der Waals surface area contributed by atoms with Gasteiger partial charge in [0.05, 0.1) is 6.10 Å². The summed E-state index contributed by atoms with van der Waals surface area (Å²) < 4.78 is 0. The van der Waals surface area contributed by atoms with Crippen molar-refractivity contribution in [2.75, 3.05) is 6.54 Å². The standard InChI is InChI=1S/C14H21NO2S/c16-13(12-6-8-18-10-12)5-7-15-14(17)9-11-3-1-2-4-11/h6,8,10-11,13,16H,1-5,7,9H2,(H,15,17). The highest BCUT2D eigenvalue weighted by Gasteiger charge is 2.18. The number of carbonyl (C=O) groups excluding carboxylic acids is 1. The minimum atomic E-state index is -0.456. The molecule has 1 amide bonds. The van der Waals surface area contributed by atoms with E-state index < -0.39 is 6.10 Å². The molecular formula is C14H21NO2S. The van der Waals surface area contributed by atoms with E-state index in [1.165, 1.54) is 25.7 Å². The Kier molecular flexibility index (Phi) is 5.20. The number of hydrogen-bond acceptors (Lipinski definition) is 3. The zero-order valence-corrected chi connectivity index (χ0v) is 11.4. The van der Waals surface area contributed by atoms with Crippen LogP contribution in [0.3, 0.4) is 0 Å². The van der Waals surface area contributed by atoms with E-state index in [0.29, 0.717) is 25.3 Å². The van der Waals surface area contributed by atoms with E-state index in [-0.39, 0.29) is 5.91 Å². The lowest BCUT2D eigenvalue weighted by molar-refractivity contribution is -0.122. The van der Waals surface area contributed by atoms with Gasteiger partial charge in [0.2, 0.25) is 5.91 Å². The molecule has 1 saturated carbocycles. The van der Waals surface area contributed by atoms with Crippen LogP contribution in [0.1, 0.15) is 50.2 Å². The van der Waals surface area contributed by atoms with E-state index >= 15 is 0 Å². The highest BCUT2D eigenvalue weighted by atomic mass is 32.1. The average Bonchev–Trinajstić information content (AvgIpc) is 3.00. The first-order valence-electron chi connectivity index (χ1n) is 6.72. The molecule has 1 aliphatic carbocycles. The SMILES string of the molecule is O=C(CC1CCCC1)NCCC(O)c1ccsc1. The smallest absolute Gasteiger partial charge is 0.220 e. The Bertz CT molecular complexity index is 358. The molecule has 1 unspecified atom stereocenters. The lowest BCUT2D eigenvalue weighted by Crippen LogP contribution is -2.27. The number of nitrogens with one attached hydrogen (secondary N) is 1. The zero-order chi connectivity index (χ0) is 12.8. The molecule has 2 N–H and O–H groups in total. The van der Waals surface area contributed by atoms with E-state index in [1.54, 1.807) is 11.3 Å². The highest BCUT2D eigenvalue weighted by Crippen LogP contribution is 2.27. The summed E-state index contributed by atoms with van der Waals surface area (Å²) >= 11 is 1.58. The maximum Gasteiger partial charge on any atom is 0.220 e. The summed E-state index contributed by atoms with van der Waals surface area (Å²) in [7, 11) is 0. The van der Waals surface area contributed by atoms with Crippen molar-refractivity contribution in [3.05, 3.63) is 22.4 Å². The van der Waals surface area contributed by atoms with Gasteiger partial charge in [0.15, 0.2) is 0 Å². The molecule has 100 valence electrons. The van der Waals surface area contributed by atoms with Gasteiger partial charge in [0, 0.05) is 13.0 Å². The minimum Gasteiger partial charge on any atom is -0.388 e. The zero-order valence-electron chi connectivity index (χ0n) is 10.6. The lowest BCUT2D eigenvalue weighted by Gasteiger charge is -2.12. The average molecular weight is 267 g/mol. The third-order valence-corrected chi connectivity index (χ3v) is 4.32. The first kappa shape index (κ1) is 13.6. The summed E-state index contributed by atoms with van der Waals surface area (Å²) in [5.41, 5.74) is 0.949. The van der Waals surface area contributed by atoms with Crippen molar-refractivity contribution < 1.29 is 9.90 Å². The van der Waals surface area contributed by atoms with Crippen molar-refractivity contribution in [3.8, 4) is 0 Å². The van der Waals surface area contributed by atoms with Crippen molar-refractivity contribution in [3.63, 3.8) is 0 Å². The number of hydrogen-bond donors (Lipinski definition) is 2. The third kappa shape index (κ3) is 4.10. The molecular weight excluding hydrogens is 246 g/mol. The molecule has 1 heterocycles. The fourth-order valence-corrected chi connectivity index (χ4v) is 3.24. The largest absolute Gasteiger partial charge is 0.388 e. The molecule has 1 aromatic heterocycles. The van der Waals surface area contributed by atoms with Crippen LogP contribution < -0.4 is 5.32 Å². The van der Waals surface area contributed by atoms with Crippen LogP contribution in [0, 0.1) is 5.92 Å². The first-order valence-corrected chi connectivity index (χ1v) is 7.67. The molecule has 0 radical (unpaired) electrons. The van der Waals surface area contributed by atoms with Gasteiger partial charge in [-0.25, -0.2) is 0 Å². The number of carbonyl (C=O) groups is 1. The molecule has 4 heteroatoms. The van der Waals surface area contributed by atoms with E-state index in [4.69, 9.17) is 0 Å². The number of amides is 1. The molecule has 0 spiro atoms. The second-order valence-corrected chi connectivity index (χ2v) is 5.85. The molecule has 1 aliphatic rings. The number of aliphatic hydroxyl groups is 1. The molecule has 0 bridgehead atoms. The fraction of sp³-hybridized carbons (Fsp3) is 0.643. The van der Waals surface area contributed by atoms with E-state index in [0.717, 1.165) is 5.56 Å². The fourth-order valence-electron chi connectivity index (χ4n) is 2.53. The molecule has 0 aromatic carbocycles. The van der Waals surface area contributed by atoms with Crippen LogP contribution in [-0.4, -0.2) is 17.6 Å². The van der Waals surface area contributed by atoms with Crippen molar-refractivity contribution in [1.82, 2.24) is 5.32 Å². The topological polar surface area (TPSA) is 49.3 Å². The normalized spacial score (nSPS) is 17.8. The quantitative estimate of drug-likeness (QED) is 0.832. The van der Waals surface area contributed by atoms with E-state index in [2.05, 4.69) is 5.32 Å². The van der Waals surface area contributed by atoms with E-state index in [1.807, 2.05) is 16.8 Å². The summed E-state index contributed by atoms with van der Waals surface area (Å²) in [6.07, 6.45) is 5.74. The molecule has 2 rings (SSSR count). The Morgan fingerprint density at radius 3 is 2.94 bits per heavy atom. The number of rotatable bonds is 6. The van der Waals surface area contributed by atoms with Crippen molar-refractivity contribution in [2.45, 2.75) is 44.6 Å². The Morgan fingerprint density at radius 1 is 1.50 bits per heavy atom. The summed E-state index contributed by atoms with van der Waals surface area (Å²) in [6, 6.07) is 1.93. The van der Waals surface area contributed by atoms with Gasteiger partial charge in [-0.1, -0.05) is 12.8 Å². The van der Waals surface area contributed by atoms with Crippen LogP contribution in [0.25, 0.3) is 0 Å². The van der Waals surface area contributed by atoms with Gasteiger partial charge in [-0.3, -0.25) is 4.79 Å². The van der Waals surface area contributed by atoms with Gasteiger partial charge >= 0.3 is 0 Å². The Labute approximate surface area is 112 Å². The first-order chi connectivity index (χ1) is 8.75. The number of thiophene rings is 1. The van der Waals surface area contributed by atoms with Gasteiger partial charge < -0.3 is 10.4 Å². The van der Waals surface area contributed by atoms with Gasteiger partial charge in [-0.2, -0.15) is 11.3 Å². The molecule has 0 saturated heterocycles. The van der Waals surface area contributed by atoms with Gasteiger partial charge in [-0.15, -0.1) is 0 Å². The van der Waals surface area contributed by atoms with Gasteiger partial charge in [-0.05, 0) is 47.6 Å². The van der Waals surface area contributed by atoms with Crippen LogP contribution in [0.15, 0.2) is 16.8 Å². The van der Waals surface area contributed by atoms with Crippen LogP contribution in [0.5, 0.6) is 0 Å². The monoisotopic (exact) mass is 267 g/mol. The molecule has 1 fully saturated rings. The van der Waals surface area contributed by atoms with Crippen molar-refractivity contribution in [2.24, 2.45) is 5.92 Å². The summed E-state index contributed by atoms with van der Waals surface area (Å²) in [4.78, 5) is 11.7. The summed E-state index contributed by atoms with van der Waals surface area (Å²) in [5, 5.41) is 16.7. The van der Waals surface area contributed by atoms with Crippen molar-refractivity contribution in [1.29, 1.82) is 0 Å². The highest BCUT2D eigenvalue weighted by molar-refractivity contribution is 7.07. The lowest BCUT2D eigenvalue weighted by atomic mass is 10.0. The maximum atomic E-state index is 11.7. The van der Waals surface area contributed by atoms with Gasteiger partial charge in [0.1, 0.15) is 0 Å². The minimum absolute atomic E-state index is 0.138. The second kappa shape index (κ2) is 6.90. The van der Waals surface area contributed by atoms with Crippen LogP contribution in [-0.2, 0) is 4.79 Å². The molecule has 3 nitrogen and oxygen atoms in total. The molecule has 18 heavy (non-hydrogen) atoms. The summed E-state index contributed by atoms with van der Waals surface area (Å²) in [5.74, 6) is 0.728. The van der Waals surface area contributed by atoms with E-state index in [9.17, 15) is 9.90 Å². The molecule has 1 aromatic rings. The maximum absolute atomic E-state index is 11.7. The Balaban J connectivity index is 1.61.